The van der Waals surface area contributed by atoms with Gasteiger partial charge < -0.3 is 15.5 Å². The zero-order valence-corrected chi connectivity index (χ0v) is 13.8. The molecule has 2 aromatic carbocycles. The molecule has 0 radical (unpaired) electrons. The normalized spacial score (nSPS) is 20.5. The molecule has 0 spiro atoms. The first kappa shape index (κ1) is 15.9. The molecule has 0 fully saturated rings. The van der Waals surface area contributed by atoms with Gasteiger partial charge in [0, 0.05) is 12.1 Å². The highest BCUT2D eigenvalue weighted by atomic mass is 79.9. The molecule has 0 aromatic heterocycles. The molecule has 1 aliphatic heterocycles. The monoisotopic (exact) mass is 349 g/mol. The fourth-order valence-electron chi connectivity index (χ4n) is 2.90. The number of halogens is 1. The van der Waals surface area contributed by atoms with Gasteiger partial charge in [0.2, 0.25) is 0 Å². The molecule has 3 nitrogen and oxygen atoms in total. The van der Waals surface area contributed by atoms with E-state index in [-0.39, 0.29) is 40.6 Å². The summed E-state index contributed by atoms with van der Waals surface area (Å²) in [6.07, 6.45) is 0.816. The van der Waals surface area contributed by atoms with Gasteiger partial charge in [0.15, 0.2) is 11.5 Å². The van der Waals surface area contributed by atoms with E-state index in [1.807, 2.05) is 0 Å². The van der Waals surface area contributed by atoms with Crippen LogP contribution in [-0.2, 0) is 6.42 Å². The SMILES string of the molecule is Br.Cc1ccc(C2Cc3cc(O)c(O)cc3C(C)N2)cc1. The molecule has 0 amide bonds. The second kappa shape index (κ2) is 6.08. The topological polar surface area (TPSA) is 52.5 Å². The summed E-state index contributed by atoms with van der Waals surface area (Å²) in [6, 6.07) is 12.3. The number of phenols is 2. The summed E-state index contributed by atoms with van der Waals surface area (Å²) in [5.74, 6) is -0.0910. The van der Waals surface area contributed by atoms with Crippen molar-refractivity contribution >= 4 is 17.0 Å². The molecule has 3 N–H and O–H groups in total. The number of aryl methyl sites for hydroxylation is 1. The van der Waals surface area contributed by atoms with Crippen LogP contribution < -0.4 is 5.32 Å². The van der Waals surface area contributed by atoms with Gasteiger partial charge in [-0.15, -0.1) is 17.0 Å². The van der Waals surface area contributed by atoms with Gasteiger partial charge in [-0.2, -0.15) is 0 Å². The van der Waals surface area contributed by atoms with E-state index in [9.17, 15) is 10.2 Å². The van der Waals surface area contributed by atoms with E-state index in [1.54, 1.807) is 12.1 Å². The standard InChI is InChI=1S/C17H19NO2.BrH/c1-10-3-5-12(6-4-10)15-7-13-8-16(19)17(20)9-14(13)11(2)18-15;/h3-6,8-9,11,15,18-20H,7H2,1-2H3;1H. The van der Waals surface area contributed by atoms with Gasteiger partial charge in [-0.3, -0.25) is 0 Å². The van der Waals surface area contributed by atoms with Crippen LogP contribution in [0, 0.1) is 6.92 Å². The van der Waals surface area contributed by atoms with E-state index in [2.05, 4.69) is 43.4 Å². The molecular formula is C17H20BrNO2. The van der Waals surface area contributed by atoms with E-state index in [1.165, 1.54) is 11.1 Å². The van der Waals surface area contributed by atoms with Crippen LogP contribution in [0.15, 0.2) is 36.4 Å². The molecule has 4 heteroatoms. The molecule has 0 saturated carbocycles. The molecular weight excluding hydrogens is 330 g/mol. The van der Waals surface area contributed by atoms with Gasteiger partial charge in [-0.1, -0.05) is 29.8 Å². The van der Waals surface area contributed by atoms with Crippen molar-refractivity contribution in [1.29, 1.82) is 0 Å². The Morgan fingerprint density at radius 1 is 1.05 bits per heavy atom. The van der Waals surface area contributed by atoms with Crippen molar-refractivity contribution < 1.29 is 10.2 Å². The largest absolute Gasteiger partial charge is 0.504 e. The first-order chi connectivity index (χ1) is 9.54. The lowest BCUT2D eigenvalue weighted by Crippen LogP contribution is -2.31. The highest BCUT2D eigenvalue weighted by Gasteiger charge is 2.25. The van der Waals surface area contributed by atoms with E-state index < -0.39 is 0 Å². The molecule has 0 saturated heterocycles. The van der Waals surface area contributed by atoms with E-state index >= 15 is 0 Å². The molecule has 2 atom stereocenters. The fraction of sp³-hybridized carbons (Fsp3) is 0.294. The molecule has 1 aliphatic rings. The molecule has 2 unspecified atom stereocenters. The Morgan fingerprint density at radius 3 is 2.33 bits per heavy atom. The molecule has 0 aliphatic carbocycles. The molecule has 1 heterocycles. The average molecular weight is 350 g/mol. The minimum atomic E-state index is -0.0498. The maximum atomic E-state index is 9.68. The lowest BCUT2D eigenvalue weighted by molar-refractivity contribution is 0.391. The van der Waals surface area contributed by atoms with Crippen molar-refractivity contribution in [3.63, 3.8) is 0 Å². The van der Waals surface area contributed by atoms with Crippen molar-refractivity contribution in [2.75, 3.05) is 0 Å². The summed E-state index contributed by atoms with van der Waals surface area (Å²) in [6.45, 7) is 4.16. The van der Waals surface area contributed by atoms with E-state index in [0.29, 0.717) is 0 Å². The second-order valence-electron chi connectivity index (χ2n) is 5.60. The summed E-state index contributed by atoms with van der Waals surface area (Å²) < 4.78 is 0. The Morgan fingerprint density at radius 2 is 1.67 bits per heavy atom. The zero-order chi connectivity index (χ0) is 14.3. The van der Waals surface area contributed by atoms with Crippen molar-refractivity contribution in [2.24, 2.45) is 0 Å². The summed E-state index contributed by atoms with van der Waals surface area (Å²) in [7, 11) is 0. The van der Waals surface area contributed by atoms with Crippen LogP contribution in [0.5, 0.6) is 11.5 Å². The van der Waals surface area contributed by atoms with Crippen molar-refractivity contribution in [1.82, 2.24) is 5.32 Å². The highest BCUT2D eigenvalue weighted by molar-refractivity contribution is 8.93. The van der Waals surface area contributed by atoms with Gasteiger partial charge in [-0.25, -0.2) is 0 Å². The number of nitrogens with one attached hydrogen (secondary N) is 1. The van der Waals surface area contributed by atoms with Gasteiger partial charge in [0.1, 0.15) is 0 Å². The number of rotatable bonds is 1. The quantitative estimate of drug-likeness (QED) is 0.683. The van der Waals surface area contributed by atoms with Crippen LogP contribution in [0.2, 0.25) is 0 Å². The zero-order valence-electron chi connectivity index (χ0n) is 12.1. The van der Waals surface area contributed by atoms with Crippen molar-refractivity contribution in [2.45, 2.75) is 32.4 Å². The first-order valence-corrected chi connectivity index (χ1v) is 6.92. The Kier molecular flexibility index (Phi) is 4.59. The lowest BCUT2D eigenvalue weighted by atomic mass is 9.87. The third-order valence-electron chi connectivity index (χ3n) is 4.06. The minimum Gasteiger partial charge on any atom is -0.504 e. The number of aromatic hydroxyl groups is 2. The molecule has 21 heavy (non-hydrogen) atoms. The third-order valence-corrected chi connectivity index (χ3v) is 4.06. The van der Waals surface area contributed by atoms with E-state index in [0.717, 1.165) is 17.5 Å². The first-order valence-electron chi connectivity index (χ1n) is 6.92. The Bertz CT molecular complexity index is 640. The summed E-state index contributed by atoms with van der Waals surface area (Å²) >= 11 is 0. The van der Waals surface area contributed by atoms with Crippen molar-refractivity contribution in [3.05, 3.63) is 58.7 Å². The van der Waals surface area contributed by atoms with Crippen molar-refractivity contribution in [3.8, 4) is 11.5 Å². The molecule has 3 rings (SSSR count). The van der Waals surface area contributed by atoms with Crippen LogP contribution >= 0.6 is 17.0 Å². The predicted octanol–water partition coefficient (Wildman–Crippen LogP) is 3.93. The van der Waals surface area contributed by atoms with Gasteiger partial charge >= 0.3 is 0 Å². The van der Waals surface area contributed by atoms with Crippen LogP contribution in [-0.4, -0.2) is 10.2 Å². The maximum Gasteiger partial charge on any atom is 0.157 e. The van der Waals surface area contributed by atoms with Crippen LogP contribution in [0.25, 0.3) is 0 Å². The third kappa shape index (κ3) is 3.06. The van der Waals surface area contributed by atoms with Crippen LogP contribution in [0.3, 0.4) is 0 Å². The van der Waals surface area contributed by atoms with Crippen LogP contribution in [0.4, 0.5) is 0 Å². The number of hydrogen-bond acceptors (Lipinski definition) is 3. The summed E-state index contributed by atoms with van der Waals surface area (Å²) in [5, 5.41) is 22.9. The van der Waals surface area contributed by atoms with Gasteiger partial charge in [-0.05, 0) is 49.1 Å². The molecule has 112 valence electrons. The highest BCUT2D eigenvalue weighted by Crippen LogP contribution is 2.37. The fourth-order valence-corrected chi connectivity index (χ4v) is 2.90. The van der Waals surface area contributed by atoms with Gasteiger partial charge in [0.25, 0.3) is 0 Å². The number of fused-ring (bicyclic) bond motifs is 1. The Labute approximate surface area is 135 Å². The maximum absolute atomic E-state index is 9.68. The lowest BCUT2D eigenvalue weighted by Gasteiger charge is -2.32. The Balaban J connectivity index is 0.00000161. The molecule has 0 bridgehead atoms. The Hall–Kier alpha value is -1.52. The number of benzene rings is 2. The number of hydrogen-bond donors (Lipinski definition) is 3. The van der Waals surface area contributed by atoms with Gasteiger partial charge in [0.05, 0.1) is 0 Å². The smallest absolute Gasteiger partial charge is 0.157 e. The molecule has 2 aromatic rings. The predicted molar refractivity (Wildman–Crippen MR) is 89.3 cm³/mol. The minimum absolute atomic E-state index is 0. The second-order valence-corrected chi connectivity index (χ2v) is 5.60. The summed E-state index contributed by atoms with van der Waals surface area (Å²) in [5.41, 5.74) is 4.65. The average Bonchev–Trinajstić information content (AvgIpc) is 2.42. The van der Waals surface area contributed by atoms with E-state index in [4.69, 9.17) is 0 Å². The van der Waals surface area contributed by atoms with Crippen LogP contribution in [0.1, 0.15) is 41.3 Å². The number of phenolic OH excluding ortho intramolecular Hbond substituents is 2. The summed E-state index contributed by atoms with van der Waals surface area (Å²) in [4.78, 5) is 0.